The van der Waals surface area contributed by atoms with Gasteiger partial charge in [-0.2, -0.15) is 0 Å². The standard InChI is InChI=1S/C12H27N3/c1-11(2)14-7-6-13-10-12-4-8-15(3)9-5-12/h11-14H,4-10H2,1-3H3. The number of hydrogen-bond donors (Lipinski definition) is 2. The van der Waals surface area contributed by atoms with Gasteiger partial charge in [-0.25, -0.2) is 0 Å². The van der Waals surface area contributed by atoms with Crippen LogP contribution in [-0.2, 0) is 0 Å². The largest absolute Gasteiger partial charge is 0.315 e. The van der Waals surface area contributed by atoms with Gasteiger partial charge in [0.1, 0.15) is 0 Å². The minimum atomic E-state index is 0.607. The van der Waals surface area contributed by atoms with Crippen molar-refractivity contribution < 1.29 is 0 Å². The first-order valence-corrected chi connectivity index (χ1v) is 6.31. The molecule has 3 heteroatoms. The molecule has 0 aromatic carbocycles. The van der Waals surface area contributed by atoms with E-state index in [1.54, 1.807) is 0 Å². The van der Waals surface area contributed by atoms with Gasteiger partial charge >= 0.3 is 0 Å². The second-order valence-electron chi connectivity index (χ2n) is 5.06. The molecule has 0 aliphatic carbocycles. The summed E-state index contributed by atoms with van der Waals surface area (Å²) in [5.41, 5.74) is 0. The average molecular weight is 213 g/mol. The van der Waals surface area contributed by atoms with Crippen LogP contribution in [0.1, 0.15) is 26.7 Å². The van der Waals surface area contributed by atoms with Crippen molar-refractivity contribution >= 4 is 0 Å². The Hall–Kier alpha value is -0.120. The van der Waals surface area contributed by atoms with Gasteiger partial charge in [0.05, 0.1) is 0 Å². The number of piperidine rings is 1. The van der Waals surface area contributed by atoms with Crippen molar-refractivity contribution in [1.82, 2.24) is 15.5 Å². The second kappa shape index (κ2) is 7.20. The number of likely N-dealkylation sites (tertiary alicyclic amines) is 1. The van der Waals surface area contributed by atoms with Crippen LogP contribution >= 0.6 is 0 Å². The highest BCUT2D eigenvalue weighted by atomic mass is 15.1. The Morgan fingerprint density at radius 3 is 2.47 bits per heavy atom. The smallest absolute Gasteiger partial charge is 0.00790 e. The van der Waals surface area contributed by atoms with E-state index < -0.39 is 0 Å². The first kappa shape index (κ1) is 12.9. The van der Waals surface area contributed by atoms with E-state index in [0.29, 0.717) is 6.04 Å². The van der Waals surface area contributed by atoms with E-state index >= 15 is 0 Å². The second-order valence-corrected chi connectivity index (χ2v) is 5.06. The number of hydrogen-bond acceptors (Lipinski definition) is 3. The first-order valence-electron chi connectivity index (χ1n) is 6.31. The molecule has 1 rings (SSSR count). The lowest BCUT2D eigenvalue weighted by atomic mass is 9.97. The maximum atomic E-state index is 3.54. The van der Waals surface area contributed by atoms with Crippen LogP contribution in [0.25, 0.3) is 0 Å². The van der Waals surface area contributed by atoms with Gasteiger partial charge in [0, 0.05) is 19.1 Å². The van der Waals surface area contributed by atoms with E-state index in [0.717, 1.165) is 19.0 Å². The van der Waals surface area contributed by atoms with Gasteiger partial charge in [0.15, 0.2) is 0 Å². The predicted octanol–water partition coefficient (Wildman–Crippen LogP) is 0.916. The molecule has 90 valence electrons. The van der Waals surface area contributed by atoms with Crippen LogP contribution in [0.3, 0.4) is 0 Å². The van der Waals surface area contributed by atoms with Gasteiger partial charge in [-0.3, -0.25) is 0 Å². The van der Waals surface area contributed by atoms with Crippen molar-refractivity contribution in [2.45, 2.75) is 32.7 Å². The Morgan fingerprint density at radius 2 is 1.87 bits per heavy atom. The van der Waals surface area contributed by atoms with E-state index in [1.165, 1.54) is 32.5 Å². The third-order valence-electron chi connectivity index (χ3n) is 3.13. The van der Waals surface area contributed by atoms with Crippen LogP contribution < -0.4 is 10.6 Å². The zero-order valence-electron chi connectivity index (χ0n) is 10.6. The van der Waals surface area contributed by atoms with Gasteiger partial charge in [0.2, 0.25) is 0 Å². The SMILES string of the molecule is CC(C)NCCNCC1CCN(C)CC1. The maximum absolute atomic E-state index is 3.54. The molecule has 0 amide bonds. The summed E-state index contributed by atoms with van der Waals surface area (Å²) in [4.78, 5) is 2.43. The molecular weight excluding hydrogens is 186 g/mol. The summed E-state index contributed by atoms with van der Waals surface area (Å²) in [5, 5.41) is 6.96. The molecule has 0 saturated carbocycles. The van der Waals surface area contributed by atoms with Crippen molar-refractivity contribution in [2.75, 3.05) is 39.8 Å². The fraction of sp³-hybridized carbons (Fsp3) is 1.00. The molecule has 1 aliphatic rings. The van der Waals surface area contributed by atoms with Crippen LogP contribution in [0.15, 0.2) is 0 Å². The molecule has 0 bridgehead atoms. The Labute approximate surface area is 94.6 Å². The molecule has 3 nitrogen and oxygen atoms in total. The molecular formula is C12H27N3. The summed E-state index contributed by atoms with van der Waals surface area (Å²) < 4.78 is 0. The van der Waals surface area contributed by atoms with E-state index in [9.17, 15) is 0 Å². The van der Waals surface area contributed by atoms with Crippen LogP contribution in [0.5, 0.6) is 0 Å². The lowest BCUT2D eigenvalue weighted by Gasteiger charge is -2.29. The summed E-state index contributed by atoms with van der Waals surface area (Å²) in [6.45, 7) is 10.3. The highest BCUT2D eigenvalue weighted by Gasteiger charge is 2.15. The number of rotatable bonds is 6. The Bertz CT molecular complexity index is 151. The highest BCUT2D eigenvalue weighted by Crippen LogP contribution is 2.14. The third-order valence-corrected chi connectivity index (χ3v) is 3.13. The van der Waals surface area contributed by atoms with E-state index in [4.69, 9.17) is 0 Å². The minimum Gasteiger partial charge on any atom is -0.315 e. The van der Waals surface area contributed by atoms with Gasteiger partial charge < -0.3 is 15.5 Å². The quantitative estimate of drug-likeness (QED) is 0.642. The molecule has 0 radical (unpaired) electrons. The molecule has 0 aromatic rings. The topological polar surface area (TPSA) is 27.3 Å². The Morgan fingerprint density at radius 1 is 1.20 bits per heavy atom. The average Bonchev–Trinajstić information content (AvgIpc) is 2.20. The van der Waals surface area contributed by atoms with Gasteiger partial charge in [-0.05, 0) is 45.4 Å². The summed E-state index contributed by atoms with van der Waals surface area (Å²) in [6.07, 6.45) is 2.72. The molecule has 0 atom stereocenters. The van der Waals surface area contributed by atoms with Crippen molar-refractivity contribution in [3.63, 3.8) is 0 Å². The fourth-order valence-electron chi connectivity index (χ4n) is 2.02. The number of nitrogens with one attached hydrogen (secondary N) is 2. The summed E-state index contributed by atoms with van der Waals surface area (Å²) in [5.74, 6) is 0.903. The zero-order chi connectivity index (χ0) is 11.1. The van der Waals surface area contributed by atoms with E-state index in [2.05, 4.69) is 36.4 Å². The maximum Gasteiger partial charge on any atom is 0.00790 e. The van der Waals surface area contributed by atoms with Gasteiger partial charge in [-0.15, -0.1) is 0 Å². The minimum absolute atomic E-state index is 0.607. The molecule has 1 saturated heterocycles. The van der Waals surface area contributed by atoms with Crippen molar-refractivity contribution in [3.05, 3.63) is 0 Å². The first-order chi connectivity index (χ1) is 7.18. The molecule has 0 aromatic heterocycles. The van der Waals surface area contributed by atoms with Crippen LogP contribution in [0.4, 0.5) is 0 Å². The monoisotopic (exact) mass is 213 g/mol. The van der Waals surface area contributed by atoms with E-state index in [1.807, 2.05) is 0 Å². The molecule has 1 heterocycles. The molecule has 0 unspecified atom stereocenters. The summed E-state index contributed by atoms with van der Waals surface area (Å²) in [7, 11) is 2.22. The summed E-state index contributed by atoms with van der Waals surface area (Å²) >= 11 is 0. The normalized spacial score (nSPS) is 20.0. The third kappa shape index (κ3) is 6.13. The molecule has 1 aliphatic heterocycles. The molecule has 0 spiro atoms. The Balaban J connectivity index is 1.91. The van der Waals surface area contributed by atoms with Crippen molar-refractivity contribution in [1.29, 1.82) is 0 Å². The molecule has 2 N–H and O–H groups in total. The predicted molar refractivity (Wildman–Crippen MR) is 66.2 cm³/mol. The highest BCUT2D eigenvalue weighted by molar-refractivity contribution is 4.71. The van der Waals surface area contributed by atoms with Crippen LogP contribution in [0, 0.1) is 5.92 Å². The van der Waals surface area contributed by atoms with E-state index in [-0.39, 0.29) is 0 Å². The van der Waals surface area contributed by atoms with Gasteiger partial charge in [-0.1, -0.05) is 13.8 Å². The summed E-state index contributed by atoms with van der Waals surface area (Å²) in [6, 6.07) is 0.607. The van der Waals surface area contributed by atoms with Crippen LogP contribution in [-0.4, -0.2) is 50.7 Å². The van der Waals surface area contributed by atoms with Crippen molar-refractivity contribution in [3.8, 4) is 0 Å². The molecule has 15 heavy (non-hydrogen) atoms. The van der Waals surface area contributed by atoms with Crippen LogP contribution in [0.2, 0.25) is 0 Å². The van der Waals surface area contributed by atoms with Gasteiger partial charge in [0.25, 0.3) is 0 Å². The lowest BCUT2D eigenvalue weighted by molar-refractivity contribution is 0.216. The number of nitrogens with zero attached hydrogens (tertiary/aromatic N) is 1. The Kier molecular flexibility index (Phi) is 6.22. The zero-order valence-corrected chi connectivity index (χ0v) is 10.6. The lowest BCUT2D eigenvalue weighted by Crippen LogP contribution is -2.37. The fourth-order valence-corrected chi connectivity index (χ4v) is 2.02. The molecule has 1 fully saturated rings. The van der Waals surface area contributed by atoms with Crippen molar-refractivity contribution in [2.24, 2.45) is 5.92 Å².